The van der Waals surface area contributed by atoms with E-state index in [0.29, 0.717) is 11.3 Å². The second-order valence-electron chi connectivity index (χ2n) is 12.6. The highest BCUT2D eigenvalue weighted by Crippen LogP contribution is 2.41. The molecule has 1 N–H and O–H groups in total. The van der Waals surface area contributed by atoms with Crippen molar-refractivity contribution in [2.75, 3.05) is 0 Å². The van der Waals surface area contributed by atoms with Crippen molar-refractivity contribution in [2.24, 2.45) is 0 Å². The van der Waals surface area contributed by atoms with Gasteiger partial charge in [0, 0.05) is 21.1 Å². The van der Waals surface area contributed by atoms with Gasteiger partial charge in [0.1, 0.15) is 0 Å². The molecular weight excluding hydrogens is 498 g/mol. The smallest absolute Gasteiger partial charge is 0.193 e. The Morgan fingerprint density at radius 2 is 1.67 bits per heavy atom. The Hall–Kier alpha value is -0.783. The number of thioether (sulfide) groups is 1. The molecule has 204 valence electrons. The van der Waals surface area contributed by atoms with Crippen molar-refractivity contribution in [3.63, 3.8) is 0 Å². The number of benzene rings is 1. The quantitative estimate of drug-likeness (QED) is 0.207. The van der Waals surface area contributed by atoms with Crippen LogP contribution >= 0.6 is 23.4 Å². The fourth-order valence-electron chi connectivity index (χ4n) is 4.00. The largest absolute Gasteiger partial charge is 0.408 e. The van der Waals surface area contributed by atoms with E-state index in [1.165, 1.54) is 11.1 Å². The highest BCUT2D eigenvalue weighted by molar-refractivity contribution is 8.01. The molecule has 0 saturated heterocycles. The molecule has 0 saturated carbocycles. The number of halogens is 1. The zero-order chi connectivity index (χ0) is 27.9. The highest BCUT2D eigenvalue weighted by Gasteiger charge is 2.42. The third kappa shape index (κ3) is 10.5. The molecule has 36 heavy (non-hydrogen) atoms. The van der Waals surface area contributed by atoms with Gasteiger partial charge < -0.3 is 9.74 Å². The first-order valence-electron chi connectivity index (χ1n) is 13.3. The Balaban J connectivity index is 3.75. The van der Waals surface area contributed by atoms with Gasteiger partial charge in [0.05, 0.1) is 12.1 Å². The molecule has 1 aromatic carbocycles. The molecule has 4 atom stereocenters. The summed E-state index contributed by atoms with van der Waals surface area (Å²) in [5.41, 5.74) is 3.57. The predicted octanol–water partition coefficient (Wildman–Crippen LogP) is 10.1. The van der Waals surface area contributed by atoms with Crippen molar-refractivity contribution in [2.45, 2.75) is 122 Å². The Morgan fingerprint density at radius 3 is 2.08 bits per heavy atom. The SMILES string of the molecule is C=CC=C(C=C(C)C)C(O[Si](C)(C)C(C)(C)C)C(NC(CC)C(C)SC(C)(C)C)c1ccc(Cl)cc1. The van der Waals surface area contributed by atoms with E-state index in [2.05, 4.69) is 119 Å². The minimum absolute atomic E-state index is 0.0360. The van der Waals surface area contributed by atoms with Gasteiger partial charge in [-0.2, -0.15) is 11.8 Å². The Labute approximate surface area is 233 Å². The minimum atomic E-state index is -2.12. The maximum absolute atomic E-state index is 7.27. The number of allylic oxidation sites excluding steroid dienone is 3. The highest BCUT2D eigenvalue weighted by atomic mass is 35.5. The average molecular weight is 550 g/mol. The molecule has 1 rings (SSSR count). The lowest BCUT2D eigenvalue weighted by Crippen LogP contribution is -2.50. The van der Waals surface area contributed by atoms with E-state index in [1.807, 2.05) is 30.0 Å². The van der Waals surface area contributed by atoms with Crippen LogP contribution in [0.5, 0.6) is 0 Å². The first-order chi connectivity index (χ1) is 16.4. The molecule has 0 aliphatic carbocycles. The third-order valence-electron chi connectivity index (χ3n) is 6.79. The lowest BCUT2D eigenvalue weighted by Gasteiger charge is -2.43. The lowest BCUT2D eigenvalue weighted by atomic mass is 9.93. The number of hydrogen-bond acceptors (Lipinski definition) is 3. The van der Waals surface area contributed by atoms with E-state index >= 15 is 0 Å². The molecule has 0 amide bonds. The Kier molecular flexibility index (Phi) is 12.8. The van der Waals surface area contributed by atoms with E-state index in [-0.39, 0.29) is 21.9 Å². The summed E-state index contributed by atoms with van der Waals surface area (Å²) in [7, 11) is -2.12. The van der Waals surface area contributed by atoms with Crippen LogP contribution in [0.1, 0.15) is 87.3 Å². The van der Waals surface area contributed by atoms with Crippen LogP contribution in [0.15, 0.2) is 60.2 Å². The van der Waals surface area contributed by atoms with Crippen molar-refractivity contribution in [1.29, 1.82) is 0 Å². The van der Waals surface area contributed by atoms with Crippen molar-refractivity contribution in [3.8, 4) is 0 Å². The number of nitrogens with one attached hydrogen (secondary N) is 1. The van der Waals surface area contributed by atoms with Gasteiger partial charge >= 0.3 is 0 Å². The minimum Gasteiger partial charge on any atom is -0.408 e. The van der Waals surface area contributed by atoms with Crippen molar-refractivity contribution in [1.82, 2.24) is 5.32 Å². The van der Waals surface area contributed by atoms with Crippen LogP contribution in [0.25, 0.3) is 0 Å². The topological polar surface area (TPSA) is 21.3 Å². The van der Waals surface area contributed by atoms with Crippen molar-refractivity contribution in [3.05, 3.63) is 70.8 Å². The molecule has 0 heterocycles. The second-order valence-corrected chi connectivity index (χ2v) is 20.0. The zero-order valence-corrected chi connectivity index (χ0v) is 27.5. The van der Waals surface area contributed by atoms with Crippen LogP contribution in [0.4, 0.5) is 0 Å². The van der Waals surface area contributed by atoms with Gasteiger partial charge in [-0.15, -0.1) is 0 Å². The van der Waals surface area contributed by atoms with E-state index in [4.69, 9.17) is 16.0 Å². The summed E-state index contributed by atoms with van der Waals surface area (Å²) in [4.78, 5) is 0. The zero-order valence-electron chi connectivity index (χ0n) is 25.0. The molecule has 0 radical (unpaired) electrons. The predicted molar refractivity (Wildman–Crippen MR) is 168 cm³/mol. The number of rotatable bonds is 12. The molecule has 0 aliphatic rings. The van der Waals surface area contributed by atoms with Gasteiger partial charge in [0.2, 0.25) is 0 Å². The van der Waals surface area contributed by atoms with Gasteiger partial charge in [-0.25, -0.2) is 0 Å². The summed E-state index contributed by atoms with van der Waals surface area (Å²) in [5.74, 6) is 0. The summed E-state index contributed by atoms with van der Waals surface area (Å²) in [6, 6.07) is 8.54. The summed E-state index contributed by atoms with van der Waals surface area (Å²) < 4.78 is 7.46. The second kappa shape index (κ2) is 13.8. The molecule has 0 fully saturated rings. The van der Waals surface area contributed by atoms with Gasteiger partial charge in [-0.05, 0) is 61.7 Å². The fourth-order valence-corrected chi connectivity index (χ4v) is 6.94. The lowest BCUT2D eigenvalue weighted by molar-refractivity contribution is 0.161. The van der Waals surface area contributed by atoms with Crippen LogP contribution in [0.3, 0.4) is 0 Å². The molecule has 0 bridgehead atoms. The first-order valence-corrected chi connectivity index (χ1v) is 17.4. The van der Waals surface area contributed by atoms with Gasteiger partial charge in [-0.3, -0.25) is 0 Å². The first kappa shape index (κ1) is 33.2. The maximum Gasteiger partial charge on any atom is 0.193 e. The van der Waals surface area contributed by atoms with E-state index in [1.54, 1.807) is 0 Å². The molecule has 5 heteroatoms. The van der Waals surface area contributed by atoms with E-state index < -0.39 is 8.32 Å². The molecular formula is C31H52ClNOSSi. The van der Waals surface area contributed by atoms with Crippen LogP contribution in [-0.4, -0.2) is 30.5 Å². The molecule has 0 aliphatic heterocycles. The Morgan fingerprint density at radius 1 is 1.11 bits per heavy atom. The molecule has 0 aromatic heterocycles. The van der Waals surface area contributed by atoms with E-state index in [9.17, 15) is 0 Å². The third-order valence-corrected chi connectivity index (χ3v) is 12.9. The van der Waals surface area contributed by atoms with Crippen LogP contribution in [0.2, 0.25) is 23.2 Å². The fraction of sp³-hybridized carbons (Fsp3) is 0.613. The normalized spacial score (nSPS) is 16.8. The summed E-state index contributed by atoms with van der Waals surface area (Å²) in [6.45, 7) is 31.4. The van der Waals surface area contributed by atoms with Crippen LogP contribution < -0.4 is 5.32 Å². The summed E-state index contributed by atoms with van der Waals surface area (Å²) >= 11 is 8.35. The summed E-state index contributed by atoms with van der Waals surface area (Å²) in [5, 5.41) is 5.34. The average Bonchev–Trinajstić information content (AvgIpc) is 2.71. The van der Waals surface area contributed by atoms with Crippen molar-refractivity contribution >= 4 is 31.7 Å². The molecule has 0 spiro atoms. The molecule has 1 aromatic rings. The number of hydrogen-bond donors (Lipinski definition) is 1. The van der Waals surface area contributed by atoms with Crippen molar-refractivity contribution < 1.29 is 4.43 Å². The van der Waals surface area contributed by atoms with Crippen LogP contribution in [-0.2, 0) is 4.43 Å². The van der Waals surface area contributed by atoms with Gasteiger partial charge in [0.25, 0.3) is 0 Å². The molecule has 2 nitrogen and oxygen atoms in total. The van der Waals surface area contributed by atoms with Crippen LogP contribution in [0, 0.1) is 0 Å². The van der Waals surface area contributed by atoms with Gasteiger partial charge in [-0.1, -0.05) is 110 Å². The monoisotopic (exact) mass is 549 g/mol. The Bertz CT molecular complexity index is 889. The van der Waals surface area contributed by atoms with E-state index in [0.717, 1.165) is 17.0 Å². The summed E-state index contributed by atoms with van der Waals surface area (Å²) in [6.07, 6.45) is 7.11. The molecule has 4 unspecified atom stereocenters. The maximum atomic E-state index is 7.27. The standard InChI is InChI=1S/C31H52ClNOSSi/c1-14-16-25(21-22(3)4)29(34-36(12,13)31(9,10)11)28(24-17-19-26(32)20-18-24)33-27(15-2)23(5)35-30(6,7)8/h14,16-21,23,27-29,33H,1,15H2,2-13H3. The van der Waals surface area contributed by atoms with Gasteiger partial charge in [0.15, 0.2) is 8.32 Å².